The summed E-state index contributed by atoms with van der Waals surface area (Å²) in [5.41, 5.74) is 2.36. The molecule has 2 rings (SSSR count). The predicted molar refractivity (Wildman–Crippen MR) is 74.0 cm³/mol. The number of carbonyl (C=O) groups is 1. The monoisotopic (exact) mass is 256 g/mol. The van der Waals surface area contributed by atoms with Gasteiger partial charge in [0.25, 0.3) is 0 Å². The second-order valence-corrected chi connectivity index (χ2v) is 4.36. The molecule has 0 atom stereocenters. The van der Waals surface area contributed by atoms with Crippen LogP contribution in [0.3, 0.4) is 0 Å². The molecule has 0 saturated carbocycles. The number of aromatic nitrogens is 1. The van der Waals surface area contributed by atoms with E-state index in [1.54, 1.807) is 37.5 Å². The summed E-state index contributed by atoms with van der Waals surface area (Å²) >= 11 is 0. The van der Waals surface area contributed by atoms with Gasteiger partial charge < -0.3 is 10.4 Å². The maximum absolute atomic E-state index is 11.8. The van der Waals surface area contributed by atoms with Gasteiger partial charge in [-0.1, -0.05) is 12.1 Å². The van der Waals surface area contributed by atoms with Gasteiger partial charge in [0.05, 0.1) is 0 Å². The van der Waals surface area contributed by atoms with Crippen molar-refractivity contribution in [1.29, 1.82) is 0 Å². The first kappa shape index (κ1) is 13.1. The van der Waals surface area contributed by atoms with Crippen molar-refractivity contribution in [3.05, 3.63) is 53.9 Å². The van der Waals surface area contributed by atoms with E-state index in [9.17, 15) is 9.90 Å². The third kappa shape index (κ3) is 3.55. The van der Waals surface area contributed by atoms with Crippen LogP contribution < -0.4 is 5.32 Å². The zero-order valence-electron chi connectivity index (χ0n) is 10.8. The molecular weight excluding hydrogens is 240 g/mol. The third-order valence-electron chi connectivity index (χ3n) is 2.94. The number of aromatic hydroxyl groups is 1. The van der Waals surface area contributed by atoms with Crippen LogP contribution in [0.4, 0.5) is 5.69 Å². The van der Waals surface area contributed by atoms with Gasteiger partial charge in [-0.3, -0.25) is 9.78 Å². The minimum Gasteiger partial charge on any atom is -0.508 e. The van der Waals surface area contributed by atoms with E-state index in [1.807, 2.05) is 12.1 Å². The molecular formula is C15H16N2O2. The lowest BCUT2D eigenvalue weighted by molar-refractivity contribution is -0.116. The van der Waals surface area contributed by atoms with Gasteiger partial charge >= 0.3 is 0 Å². The molecule has 2 aromatic rings. The van der Waals surface area contributed by atoms with Crippen molar-refractivity contribution < 1.29 is 9.90 Å². The first-order valence-corrected chi connectivity index (χ1v) is 6.14. The lowest BCUT2D eigenvalue weighted by Crippen LogP contribution is -2.13. The summed E-state index contributed by atoms with van der Waals surface area (Å²) in [6.45, 7) is 1.77. The van der Waals surface area contributed by atoms with Crippen molar-refractivity contribution in [1.82, 2.24) is 4.98 Å². The number of hydrogen-bond acceptors (Lipinski definition) is 3. The standard InChI is InChI=1S/C15H16N2O2/c1-11-13(5-2-6-14(11)18)17-15(19)8-7-12-4-3-9-16-10-12/h2-6,9-10,18H,7-8H2,1H3,(H,17,19). The molecule has 0 aliphatic rings. The fourth-order valence-electron chi connectivity index (χ4n) is 1.78. The molecule has 0 bridgehead atoms. The van der Waals surface area contributed by atoms with E-state index in [0.29, 0.717) is 24.1 Å². The number of anilines is 1. The zero-order valence-corrected chi connectivity index (χ0v) is 10.8. The largest absolute Gasteiger partial charge is 0.508 e. The Kier molecular flexibility index (Phi) is 4.13. The maximum atomic E-state index is 11.8. The first-order chi connectivity index (χ1) is 9.16. The smallest absolute Gasteiger partial charge is 0.224 e. The molecule has 4 heteroatoms. The zero-order chi connectivity index (χ0) is 13.7. The number of phenolic OH excluding ortho intramolecular Hbond substituents is 1. The average molecular weight is 256 g/mol. The summed E-state index contributed by atoms with van der Waals surface area (Å²) in [5.74, 6) is 0.114. The minimum atomic E-state index is -0.0717. The van der Waals surface area contributed by atoms with Crippen LogP contribution in [0.5, 0.6) is 5.75 Å². The lowest BCUT2D eigenvalue weighted by Gasteiger charge is -2.09. The van der Waals surface area contributed by atoms with Gasteiger partial charge in [-0.05, 0) is 37.1 Å². The van der Waals surface area contributed by atoms with E-state index in [0.717, 1.165) is 5.56 Å². The quantitative estimate of drug-likeness (QED) is 0.884. The summed E-state index contributed by atoms with van der Waals surface area (Å²) < 4.78 is 0. The van der Waals surface area contributed by atoms with Crippen molar-refractivity contribution >= 4 is 11.6 Å². The van der Waals surface area contributed by atoms with Crippen molar-refractivity contribution in [2.24, 2.45) is 0 Å². The maximum Gasteiger partial charge on any atom is 0.224 e. The number of benzene rings is 1. The highest BCUT2D eigenvalue weighted by Crippen LogP contribution is 2.23. The van der Waals surface area contributed by atoms with Crippen LogP contribution in [-0.2, 0) is 11.2 Å². The minimum absolute atomic E-state index is 0.0717. The molecule has 1 heterocycles. The summed E-state index contributed by atoms with van der Waals surface area (Å²) in [4.78, 5) is 15.8. The van der Waals surface area contributed by atoms with Crippen molar-refractivity contribution in [2.45, 2.75) is 19.8 Å². The summed E-state index contributed by atoms with van der Waals surface area (Å²) in [5, 5.41) is 12.4. The van der Waals surface area contributed by atoms with Crippen molar-refractivity contribution in [3.63, 3.8) is 0 Å². The van der Waals surface area contributed by atoms with Gasteiger partial charge in [-0.15, -0.1) is 0 Å². The molecule has 1 aromatic carbocycles. The number of pyridine rings is 1. The highest BCUT2D eigenvalue weighted by molar-refractivity contribution is 5.91. The Morgan fingerprint density at radius 2 is 2.16 bits per heavy atom. The van der Waals surface area contributed by atoms with Crippen LogP contribution in [0.1, 0.15) is 17.5 Å². The number of nitrogens with zero attached hydrogens (tertiary/aromatic N) is 1. The number of hydrogen-bond donors (Lipinski definition) is 2. The average Bonchev–Trinajstić information content (AvgIpc) is 2.43. The molecule has 0 saturated heterocycles. The normalized spacial score (nSPS) is 10.2. The number of aryl methyl sites for hydroxylation is 1. The van der Waals surface area contributed by atoms with Crippen LogP contribution >= 0.6 is 0 Å². The van der Waals surface area contributed by atoms with Crippen LogP contribution in [0.15, 0.2) is 42.7 Å². The molecule has 0 spiro atoms. The predicted octanol–water partition coefficient (Wildman–Crippen LogP) is 2.67. The Hall–Kier alpha value is -2.36. The number of carbonyl (C=O) groups excluding carboxylic acids is 1. The van der Waals surface area contributed by atoms with Gasteiger partial charge in [0.2, 0.25) is 5.91 Å². The van der Waals surface area contributed by atoms with Gasteiger partial charge in [0, 0.05) is 30.1 Å². The fourth-order valence-corrected chi connectivity index (χ4v) is 1.78. The molecule has 1 amide bonds. The Bertz CT molecular complexity index is 568. The number of rotatable bonds is 4. The fraction of sp³-hybridized carbons (Fsp3) is 0.200. The lowest BCUT2D eigenvalue weighted by atomic mass is 10.1. The first-order valence-electron chi connectivity index (χ1n) is 6.14. The molecule has 4 nitrogen and oxygen atoms in total. The number of amides is 1. The van der Waals surface area contributed by atoms with E-state index >= 15 is 0 Å². The van der Waals surface area contributed by atoms with Crippen LogP contribution in [-0.4, -0.2) is 16.0 Å². The molecule has 0 unspecified atom stereocenters. The van der Waals surface area contributed by atoms with Crippen molar-refractivity contribution in [3.8, 4) is 5.75 Å². The van der Waals surface area contributed by atoms with E-state index in [4.69, 9.17) is 0 Å². The van der Waals surface area contributed by atoms with Crippen LogP contribution in [0, 0.1) is 6.92 Å². The summed E-state index contributed by atoms with van der Waals surface area (Å²) in [6, 6.07) is 8.88. The molecule has 98 valence electrons. The molecule has 0 radical (unpaired) electrons. The molecule has 0 fully saturated rings. The Morgan fingerprint density at radius 3 is 2.89 bits per heavy atom. The van der Waals surface area contributed by atoms with Crippen molar-refractivity contribution in [2.75, 3.05) is 5.32 Å². The molecule has 2 N–H and O–H groups in total. The molecule has 0 aliphatic carbocycles. The topological polar surface area (TPSA) is 62.2 Å². The summed E-state index contributed by atoms with van der Waals surface area (Å²) in [7, 11) is 0. The van der Waals surface area contributed by atoms with E-state index in [2.05, 4.69) is 10.3 Å². The highest BCUT2D eigenvalue weighted by atomic mass is 16.3. The molecule has 0 aliphatic heterocycles. The van der Waals surface area contributed by atoms with E-state index in [1.165, 1.54) is 0 Å². The highest BCUT2D eigenvalue weighted by Gasteiger charge is 2.07. The van der Waals surface area contributed by atoms with Gasteiger partial charge in [-0.2, -0.15) is 0 Å². The van der Waals surface area contributed by atoms with Gasteiger partial charge in [0.1, 0.15) is 5.75 Å². The third-order valence-corrected chi connectivity index (χ3v) is 2.94. The second kappa shape index (κ2) is 6.00. The van der Waals surface area contributed by atoms with E-state index < -0.39 is 0 Å². The SMILES string of the molecule is Cc1c(O)cccc1NC(=O)CCc1cccnc1. The Morgan fingerprint density at radius 1 is 1.32 bits per heavy atom. The summed E-state index contributed by atoms with van der Waals surface area (Å²) in [6.07, 6.45) is 4.50. The van der Waals surface area contributed by atoms with Gasteiger partial charge in [0.15, 0.2) is 0 Å². The molecule has 1 aromatic heterocycles. The molecule has 19 heavy (non-hydrogen) atoms. The van der Waals surface area contributed by atoms with Crippen LogP contribution in [0.25, 0.3) is 0 Å². The number of nitrogens with one attached hydrogen (secondary N) is 1. The van der Waals surface area contributed by atoms with Crippen LogP contribution in [0.2, 0.25) is 0 Å². The van der Waals surface area contributed by atoms with Gasteiger partial charge in [-0.25, -0.2) is 0 Å². The van der Waals surface area contributed by atoms with E-state index in [-0.39, 0.29) is 11.7 Å². The Balaban J connectivity index is 1.93. The Labute approximate surface area is 112 Å². The second-order valence-electron chi connectivity index (χ2n) is 4.36. The number of phenols is 1.